The number of aromatic nitrogens is 2. The minimum atomic E-state index is -0.928. The Kier molecular flexibility index (Phi) is 9.69. The Morgan fingerprint density at radius 1 is 0.821 bits per heavy atom. The van der Waals surface area contributed by atoms with Crippen LogP contribution in [0, 0.1) is 0 Å². The third kappa shape index (κ3) is 6.65. The molecule has 39 heavy (non-hydrogen) atoms. The molecule has 204 valence electrons. The highest BCUT2D eigenvalue weighted by Gasteiger charge is 2.16. The Hall–Kier alpha value is -3.73. The van der Waals surface area contributed by atoms with Crippen LogP contribution in [-0.2, 0) is 25.8 Å². The highest BCUT2D eigenvalue weighted by Crippen LogP contribution is 2.26. The number of hydrogen-bond donors (Lipinski definition) is 1. The molecule has 0 atom stereocenters. The number of nitrogens with zero attached hydrogens (tertiary/aromatic N) is 2. The lowest BCUT2D eigenvalue weighted by Gasteiger charge is -2.11. The maximum atomic E-state index is 13.5. The Labute approximate surface area is 231 Å². The largest absolute Gasteiger partial charge is 0.478 e. The van der Waals surface area contributed by atoms with Gasteiger partial charge in [0.2, 0.25) is 0 Å². The first-order valence-corrected chi connectivity index (χ1v) is 14.4. The van der Waals surface area contributed by atoms with E-state index in [9.17, 15) is 14.7 Å². The molecular formula is C34H40N2O3. The minimum absolute atomic E-state index is 0.179. The second kappa shape index (κ2) is 13.4. The number of carboxylic acid groups (broad SMARTS) is 1. The minimum Gasteiger partial charge on any atom is -0.478 e. The number of hydrogen-bond acceptors (Lipinski definition) is 3. The summed E-state index contributed by atoms with van der Waals surface area (Å²) in [6, 6.07) is 19.4. The van der Waals surface area contributed by atoms with Gasteiger partial charge in [-0.3, -0.25) is 4.79 Å². The van der Waals surface area contributed by atoms with Gasteiger partial charge >= 0.3 is 5.97 Å². The van der Waals surface area contributed by atoms with E-state index in [-0.39, 0.29) is 5.43 Å². The van der Waals surface area contributed by atoms with Gasteiger partial charge in [-0.05, 0) is 67.0 Å². The molecule has 0 unspecified atom stereocenters. The first-order valence-electron chi connectivity index (χ1n) is 14.4. The zero-order valence-corrected chi connectivity index (χ0v) is 23.5. The van der Waals surface area contributed by atoms with Crippen molar-refractivity contribution in [1.82, 2.24) is 9.55 Å². The zero-order valence-electron chi connectivity index (χ0n) is 23.5. The summed E-state index contributed by atoms with van der Waals surface area (Å²) >= 11 is 0. The molecule has 5 nitrogen and oxygen atoms in total. The quantitative estimate of drug-likeness (QED) is 0.193. The molecule has 0 saturated heterocycles. The van der Waals surface area contributed by atoms with E-state index in [0.29, 0.717) is 17.7 Å². The number of aromatic carboxylic acids is 1. The molecule has 0 aliphatic rings. The fraction of sp³-hybridized carbons (Fsp3) is 0.382. The predicted molar refractivity (Wildman–Crippen MR) is 160 cm³/mol. The Morgan fingerprint density at radius 2 is 1.44 bits per heavy atom. The van der Waals surface area contributed by atoms with Crippen molar-refractivity contribution in [3.05, 3.63) is 99.0 Å². The maximum Gasteiger partial charge on any atom is 0.336 e. The molecular weight excluding hydrogens is 484 g/mol. The van der Waals surface area contributed by atoms with Crippen LogP contribution in [-0.4, -0.2) is 20.6 Å². The monoisotopic (exact) mass is 524 g/mol. The summed E-state index contributed by atoms with van der Waals surface area (Å²) in [5.74, 6) is 0.122. The number of fused-ring (bicyclic) bond motifs is 1. The summed E-state index contributed by atoms with van der Waals surface area (Å²) in [4.78, 5) is 30.3. The molecule has 0 radical (unpaired) electrons. The molecule has 5 heteroatoms. The first-order chi connectivity index (χ1) is 19.0. The molecule has 1 N–H and O–H groups in total. The summed E-state index contributed by atoms with van der Waals surface area (Å²) in [6.07, 6.45) is 8.68. The Morgan fingerprint density at radius 3 is 2.08 bits per heavy atom. The van der Waals surface area contributed by atoms with Crippen LogP contribution in [0.1, 0.15) is 92.2 Å². The average molecular weight is 525 g/mol. The number of aryl methyl sites for hydroxylation is 3. The summed E-state index contributed by atoms with van der Waals surface area (Å²) < 4.78 is 2.28. The van der Waals surface area contributed by atoms with Crippen molar-refractivity contribution in [3.8, 4) is 11.1 Å². The number of carbonyl (C=O) groups is 1. The van der Waals surface area contributed by atoms with Crippen molar-refractivity contribution >= 4 is 17.0 Å². The number of unbranched alkanes of at least 4 members (excludes halogenated alkanes) is 3. The SMILES string of the molecule is CCCCc1cc2nc(CCCC)n(Cc3ccc(-c4ccccc4C(=O)O)cc3)c2cc(CCCC)c1=O. The number of benzene rings is 2. The zero-order chi connectivity index (χ0) is 27.8. The summed E-state index contributed by atoms with van der Waals surface area (Å²) in [7, 11) is 0. The molecule has 1 aromatic heterocycles. The number of imidazole rings is 1. The molecule has 0 bridgehead atoms. The van der Waals surface area contributed by atoms with E-state index in [1.54, 1.807) is 12.1 Å². The highest BCUT2D eigenvalue weighted by atomic mass is 16.4. The first kappa shape index (κ1) is 28.3. The topological polar surface area (TPSA) is 72.2 Å². The van der Waals surface area contributed by atoms with E-state index in [0.717, 1.165) is 96.9 Å². The van der Waals surface area contributed by atoms with Gasteiger partial charge in [0, 0.05) is 24.1 Å². The second-order valence-corrected chi connectivity index (χ2v) is 10.4. The van der Waals surface area contributed by atoms with Gasteiger partial charge in [-0.1, -0.05) is 82.5 Å². The third-order valence-electron chi connectivity index (χ3n) is 7.44. The standard InChI is InChI=1S/C34H40N2O3/c1-4-7-12-26-21-30-31(22-27(33(26)37)13-8-5-2)36(32(35-30)16-9-6-3)23-24-17-19-25(20-18-24)28-14-10-11-15-29(28)34(38)39/h10-11,14-15,17-22H,4-9,12-13,16,23H2,1-3H3,(H,38,39). The van der Waals surface area contributed by atoms with Crippen LogP contribution in [0.4, 0.5) is 0 Å². The van der Waals surface area contributed by atoms with Gasteiger partial charge in [0.15, 0.2) is 5.43 Å². The molecule has 0 saturated carbocycles. The number of rotatable bonds is 13. The van der Waals surface area contributed by atoms with Gasteiger partial charge in [0.1, 0.15) is 5.82 Å². The normalized spacial score (nSPS) is 11.3. The molecule has 3 aromatic carbocycles. The molecule has 0 fully saturated rings. The van der Waals surface area contributed by atoms with E-state index in [2.05, 4.69) is 43.5 Å². The van der Waals surface area contributed by atoms with Gasteiger partial charge in [-0.2, -0.15) is 0 Å². The Balaban J connectivity index is 1.79. The molecule has 0 amide bonds. The van der Waals surface area contributed by atoms with Crippen LogP contribution in [0.15, 0.2) is 65.5 Å². The van der Waals surface area contributed by atoms with Crippen LogP contribution in [0.5, 0.6) is 0 Å². The molecule has 4 rings (SSSR count). The van der Waals surface area contributed by atoms with Crippen molar-refractivity contribution < 1.29 is 9.90 Å². The van der Waals surface area contributed by atoms with E-state index < -0.39 is 5.97 Å². The van der Waals surface area contributed by atoms with E-state index in [1.165, 1.54) is 0 Å². The molecule has 1 heterocycles. The highest BCUT2D eigenvalue weighted by molar-refractivity contribution is 5.96. The average Bonchev–Trinajstić information content (AvgIpc) is 3.19. The van der Waals surface area contributed by atoms with Crippen molar-refractivity contribution in [2.75, 3.05) is 0 Å². The number of carboxylic acids is 1. The summed E-state index contributed by atoms with van der Waals surface area (Å²) in [5.41, 5.74) is 6.87. The molecule has 4 aromatic rings. The summed E-state index contributed by atoms with van der Waals surface area (Å²) in [5, 5.41) is 9.61. The second-order valence-electron chi connectivity index (χ2n) is 10.4. The van der Waals surface area contributed by atoms with Crippen molar-refractivity contribution in [2.45, 2.75) is 85.1 Å². The van der Waals surface area contributed by atoms with Gasteiger partial charge in [-0.25, -0.2) is 9.78 Å². The maximum absolute atomic E-state index is 13.5. The van der Waals surface area contributed by atoms with Gasteiger partial charge in [0.05, 0.1) is 16.6 Å². The third-order valence-corrected chi connectivity index (χ3v) is 7.44. The lowest BCUT2D eigenvalue weighted by Crippen LogP contribution is -2.12. The lowest BCUT2D eigenvalue weighted by molar-refractivity contribution is 0.0697. The molecule has 0 aliphatic carbocycles. The van der Waals surface area contributed by atoms with Crippen LogP contribution in [0.2, 0.25) is 0 Å². The van der Waals surface area contributed by atoms with Crippen molar-refractivity contribution in [1.29, 1.82) is 0 Å². The van der Waals surface area contributed by atoms with Crippen LogP contribution < -0.4 is 5.43 Å². The van der Waals surface area contributed by atoms with Crippen LogP contribution in [0.3, 0.4) is 0 Å². The van der Waals surface area contributed by atoms with Crippen molar-refractivity contribution in [2.24, 2.45) is 0 Å². The van der Waals surface area contributed by atoms with E-state index >= 15 is 0 Å². The van der Waals surface area contributed by atoms with E-state index in [1.807, 2.05) is 30.3 Å². The van der Waals surface area contributed by atoms with Gasteiger partial charge in [0.25, 0.3) is 0 Å². The van der Waals surface area contributed by atoms with E-state index in [4.69, 9.17) is 4.98 Å². The van der Waals surface area contributed by atoms with Gasteiger partial charge in [-0.15, -0.1) is 0 Å². The van der Waals surface area contributed by atoms with Crippen LogP contribution >= 0.6 is 0 Å². The fourth-order valence-electron chi connectivity index (χ4n) is 5.16. The van der Waals surface area contributed by atoms with Crippen molar-refractivity contribution in [3.63, 3.8) is 0 Å². The fourth-order valence-corrected chi connectivity index (χ4v) is 5.16. The predicted octanol–water partition coefficient (Wildman–Crippen LogP) is 7.84. The molecule has 0 spiro atoms. The Bertz CT molecular complexity index is 1490. The smallest absolute Gasteiger partial charge is 0.336 e. The lowest BCUT2D eigenvalue weighted by atomic mass is 9.99. The molecule has 0 aliphatic heterocycles. The van der Waals surface area contributed by atoms with Gasteiger partial charge < -0.3 is 9.67 Å². The summed E-state index contributed by atoms with van der Waals surface area (Å²) in [6.45, 7) is 7.15. The van der Waals surface area contributed by atoms with Crippen LogP contribution in [0.25, 0.3) is 22.2 Å².